The summed E-state index contributed by atoms with van der Waals surface area (Å²) in [4.78, 5) is 11.5. The van der Waals surface area contributed by atoms with Crippen molar-refractivity contribution >= 4 is 18.4 Å². The number of nitrogens with one attached hydrogen (secondary N) is 1. The minimum atomic E-state index is 0.172. The van der Waals surface area contributed by atoms with Crippen LogP contribution in [0.4, 0.5) is 5.95 Å². The van der Waals surface area contributed by atoms with Gasteiger partial charge in [-0.25, -0.2) is 9.97 Å². The summed E-state index contributed by atoms with van der Waals surface area (Å²) in [6.07, 6.45) is 11.0. The molecule has 3 rings (SSSR count). The number of hydrogen-bond donors (Lipinski definition) is 1. The fourth-order valence-electron chi connectivity index (χ4n) is 3.56. The first-order valence-electron chi connectivity index (χ1n) is 11.6. The molecule has 0 aliphatic carbocycles. The Hall–Kier alpha value is -3.24. The van der Waals surface area contributed by atoms with Crippen LogP contribution in [0.1, 0.15) is 63.8 Å². The van der Waals surface area contributed by atoms with Crippen LogP contribution >= 0.6 is 0 Å². The predicted octanol–water partition coefficient (Wildman–Crippen LogP) is 4.74. The number of aromatic nitrogens is 2. The van der Waals surface area contributed by atoms with E-state index in [2.05, 4.69) is 82.8 Å². The average Bonchev–Trinajstić information content (AvgIpc) is 2.84. The van der Waals surface area contributed by atoms with Gasteiger partial charge in [0.05, 0.1) is 11.7 Å². The minimum Gasteiger partial charge on any atom is -0.350 e. The largest absolute Gasteiger partial charge is 0.350 e. The maximum Gasteiger partial charge on any atom is 0.223 e. The van der Waals surface area contributed by atoms with Gasteiger partial charge in [-0.2, -0.15) is 15.3 Å². The van der Waals surface area contributed by atoms with Crippen molar-refractivity contribution in [2.45, 2.75) is 66.1 Å². The molecule has 1 aromatic heterocycles. The van der Waals surface area contributed by atoms with Crippen molar-refractivity contribution in [2.75, 3.05) is 18.4 Å². The molecule has 0 bridgehead atoms. The van der Waals surface area contributed by atoms with Gasteiger partial charge in [-0.05, 0) is 57.5 Å². The van der Waals surface area contributed by atoms with E-state index < -0.39 is 0 Å². The molecule has 1 aliphatic rings. The third-order valence-corrected chi connectivity index (χ3v) is 5.42. The number of nitrogens with zero attached hydrogens (tertiary/aromatic N) is 6. The van der Waals surface area contributed by atoms with Crippen molar-refractivity contribution in [1.82, 2.24) is 20.0 Å². The SMILES string of the molecule is C#CC.C/C=N\N1N=CC(c2ccnc(NCc3ccc(CN(CC)CC)cc3)n2)CC1C. The molecule has 1 aromatic carbocycles. The van der Waals surface area contributed by atoms with Crippen molar-refractivity contribution in [2.24, 2.45) is 10.2 Å². The smallest absolute Gasteiger partial charge is 0.223 e. The van der Waals surface area contributed by atoms with Gasteiger partial charge in [-0.15, -0.1) is 12.3 Å². The van der Waals surface area contributed by atoms with Crippen LogP contribution < -0.4 is 5.32 Å². The van der Waals surface area contributed by atoms with E-state index in [1.165, 1.54) is 11.1 Å². The van der Waals surface area contributed by atoms with E-state index in [1.807, 2.05) is 25.4 Å². The van der Waals surface area contributed by atoms with E-state index >= 15 is 0 Å². The molecule has 7 heteroatoms. The van der Waals surface area contributed by atoms with Crippen molar-refractivity contribution in [3.63, 3.8) is 0 Å². The third-order valence-electron chi connectivity index (χ3n) is 5.42. The van der Waals surface area contributed by atoms with Gasteiger partial charge in [0.15, 0.2) is 0 Å². The summed E-state index contributed by atoms with van der Waals surface area (Å²) in [5.41, 5.74) is 3.54. The minimum absolute atomic E-state index is 0.172. The number of terminal acetylenes is 1. The van der Waals surface area contributed by atoms with Gasteiger partial charge in [0.1, 0.15) is 0 Å². The Kier molecular flexibility index (Phi) is 11.1. The van der Waals surface area contributed by atoms with Gasteiger partial charge in [0.2, 0.25) is 5.95 Å². The maximum absolute atomic E-state index is 4.72. The van der Waals surface area contributed by atoms with Crippen LogP contribution in [-0.4, -0.2) is 51.5 Å². The van der Waals surface area contributed by atoms with Crippen molar-refractivity contribution in [1.29, 1.82) is 0 Å². The highest BCUT2D eigenvalue weighted by atomic mass is 15.7. The lowest BCUT2D eigenvalue weighted by Crippen LogP contribution is -2.30. The molecule has 176 valence electrons. The first kappa shape index (κ1) is 26.0. The molecule has 7 nitrogen and oxygen atoms in total. The van der Waals surface area contributed by atoms with Crippen molar-refractivity contribution < 1.29 is 0 Å². The summed E-state index contributed by atoms with van der Waals surface area (Å²) in [5, 5.41) is 13.8. The molecule has 1 N–H and O–H groups in total. The molecular weight excluding hydrogens is 410 g/mol. The summed E-state index contributed by atoms with van der Waals surface area (Å²) >= 11 is 0. The van der Waals surface area contributed by atoms with E-state index in [4.69, 9.17) is 4.98 Å². The number of hydrogen-bond acceptors (Lipinski definition) is 7. The molecule has 0 saturated heterocycles. The highest BCUT2D eigenvalue weighted by molar-refractivity contribution is 5.68. The number of anilines is 1. The topological polar surface area (TPSA) is 69.0 Å². The van der Waals surface area contributed by atoms with Gasteiger partial charge >= 0.3 is 0 Å². The molecule has 2 heterocycles. The monoisotopic (exact) mass is 447 g/mol. The fourth-order valence-corrected chi connectivity index (χ4v) is 3.56. The van der Waals surface area contributed by atoms with Gasteiger partial charge < -0.3 is 5.32 Å². The number of benzene rings is 1. The zero-order chi connectivity index (χ0) is 24.1. The number of hydrazone groups is 2. The molecule has 0 amide bonds. The Bertz CT molecular complexity index is 926. The van der Waals surface area contributed by atoms with E-state index in [1.54, 1.807) is 18.3 Å². The fraction of sp³-hybridized carbons (Fsp3) is 0.462. The Balaban J connectivity index is 0.00000122. The Morgan fingerprint density at radius 1 is 1.21 bits per heavy atom. The quantitative estimate of drug-likeness (QED) is 0.444. The summed E-state index contributed by atoms with van der Waals surface area (Å²) in [5.74, 6) is 3.07. The van der Waals surface area contributed by atoms with Gasteiger partial charge in [0, 0.05) is 37.6 Å². The van der Waals surface area contributed by atoms with E-state index in [0.717, 1.165) is 31.7 Å². The molecule has 0 fully saturated rings. The molecule has 0 radical (unpaired) electrons. The third kappa shape index (κ3) is 8.32. The second-order valence-electron chi connectivity index (χ2n) is 7.88. The Morgan fingerprint density at radius 2 is 1.88 bits per heavy atom. The molecule has 1 aliphatic heterocycles. The van der Waals surface area contributed by atoms with Crippen LogP contribution in [-0.2, 0) is 13.1 Å². The van der Waals surface area contributed by atoms with Crippen molar-refractivity contribution in [3.8, 4) is 12.3 Å². The summed E-state index contributed by atoms with van der Waals surface area (Å²) in [6, 6.07) is 11.0. The van der Waals surface area contributed by atoms with Gasteiger partial charge in [0.25, 0.3) is 0 Å². The highest BCUT2D eigenvalue weighted by Gasteiger charge is 2.23. The average molecular weight is 448 g/mol. The molecule has 0 spiro atoms. The second kappa shape index (κ2) is 14.0. The molecule has 2 atom stereocenters. The summed E-state index contributed by atoms with van der Waals surface area (Å²) in [6.45, 7) is 13.9. The first-order valence-corrected chi connectivity index (χ1v) is 11.6. The summed E-state index contributed by atoms with van der Waals surface area (Å²) < 4.78 is 0. The lowest BCUT2D eigenvalue weighted by atomic mass is 9.97. The Morgan fingerprint density at radius 3 is 2.48 bits per heavy atom. The standard InChI is InChI=1S/C23H33N7.C3H4/c1-5-26-30-18(4)14-21(16-27-30)22-12-13-24-23(28-22)25-15-19-8-10-20(11-9-19)17-29(6-2)7-3;1-3-2/h5,8-13,16,18,21H,6-7,14-15,17H2,1-4H3,(H,24,25,28);1H,2H3/b26-5-;. The van der Waals surface area contributed by atoms with Crippen LogP contribution in [0.15, 0.2) is 46.7 Å². The molecular formula is C26H37N7. The first-order chi connectivity index (χ1) is 16.0. The lowest BCUT2D eigenvalue weighted by Gasteiger charge is -2.28. The predicted molar refractivity (Wildman–Crippen MR) is 138 cm³/mol. The van der Waals surface area contributed by atoms with Crippen LogP contribution in [0, 0.1) is 12.3 Å². The molecule has 2 aromatic rings. The second-order valence-corrected chi connectivity index (χ2v) is 7.88. The number of rotatable bonds is 9. The van der Waals surface area contributed by atoms with Crippen LogP contribution in [0.25, 0.3) is 0 Å². The van der Waals surface area contributed by atoms with E-state index in [9.17, 15) is 0 Å². The molecule has 2 unspecified atom stereocenters. The zero-order valence-corrected chi connectivity index (χ0v) is 20.6. The summed E-state index contributed by atoms with van der Waals surface area (Å²) in [7, 11) is 0. The lowest BCUT2D eigenvalue weighted by molar-refractivity contribution is 0.204. The van der Waals surface area contributed by atoms with E-state index in [-0.39, 0.29) is 12.0 Å². The van der Waals surface area contributed by atoms with Crippen LogP contribution in [0.2, 0.25) is 0 Å². The van der Waals surface area contributed by atoms with Gasteiger partial charge in [-0.3, -0.25) is 4.90 Å². The molecule has 0 saturated carbocycles. The van der Waals surface area contributed by atoms with E-state index in [0.29, 0.717) is 12.5 Å². The molecule has 33 heavy (non-hydrogen) atoms. The zero-order valence-electron chi connectivity index (χ0n) is 20.6. The maximum atomic E-state index is 4.72. The van der Waals surface area contributed by atoms with Gasteiger partial charge in [-0.1, -0.05) is 38.1 Å². The van der Waals surface area contributed by atoms with Crippen LogP contribution in [0.5, 0.6) is 0 Å². The van der Waals surface area contributed by atoms with Crippen LogP contribution in [0.3, 0.4) is 0 Å². The normalized spacial score (nSPS) is 17.5. The van der Waals surface area contributed by atoms with Crippen molar-refractivity contribution in [3.05, 3.63) is 53.3 Å². The highest BCUT2D eigenvalue weighted by Crippen LogP contribution is 2.25. The Labute approximate surface area is 199 Å².